The summed E-state index contributed by atoms with van der Waals surface area (Å²) in [6.45, 7) is 0. The maximum Gasteiger partial charge on any atom is 0.430 e. The van der Waals surface area contributed by atoms with E-state index in [1.54, 1.807) is 0 Å². The molecule has 9 heteroatoms. The van der Waals surface area contributed by atoms with E-state index in [1.165, 1.54) is 12.1 Å². The Morgan fingerprint density at radius 3 is 2.62 bits per heavy atom. The smallest absolute Gasteiger partial charge is 0.430 e. The Morgan fingerprint density at radius 2 is 2.10 bits per heavy atom. The van der Waals surface area contributed by atoms with E-state index >= 15 is 0 Å². The lowest BCUT2D eigenvalue weighted by atomic mass is 9.99. The van der Waals surface area contributed by atoms with E-state index in [9.17, 15) is 18.0 Å². The van der Waals surface area contributed by atoms with Crippen molar-refractivity contribution >= 4 is 29.9 Å². The van der Waals surface area contributed by atoms with Gasteiger partial charge in [0.2, 0.25) is 6.10 Å². The van der Waals surface area contributed by atoms with Crippen molar-refractivity contribution < 1.29 is 33.0 Å². The summed E-state index contributed by atoms with van der Waals surface area (Å²) in [4.78, 5) is 11.0. The van der Waals surface area contributed by atoms with E-state index in [-0.39, 0.29) is 21.9 Å². The van der Waals surface area contributed by atoms with Crippen LogP contribution in [0.25, 0.3) is 6.08 Å². The van der Waals surface area contributed by atoms with Crippen LogP contribution in [0.3, 0.4) is 0 Å². The number of nitrogens with zero attached hydrogens (tertiary/aromatic N) is 1. The van der Waals surface area contributed by atoms with Gasteiger partial charge in [0.15, 0.2) is 0 Å². The van der Waals surface area contributed by atoms with Crippen LogP contribution < -0.4 is 4.74 Å². The number of alkyl halides is 3. The number of carboxylic acid groups (broad SMARTS) is 1. The van der Waals surface area contributed by atoms with Gasteiger partial charge in [0.05, 0.1) is 11.8 Å². The van der Waals surface area contributed by atoms with Crippen molar-refractivity contribution in [1.29, 1.82) is 0 Å². The average molecular weight is 322 g/mol. The molecule has 1 aromatic carbocycles. The Labute approximate surface area is 120 Å². The van der Waals surface area contributed by atoms with Gasteiger partial charge < -0.3 is 15.1 Å². The number of hydrogen-bond donors (Lipinski definition) is 2. The third kappa shape index (κ3) is 2.94. The number of rotatable bonds is 2. The minimum absolute atomic E-state index is 0.00469. The maximum absolute atomic E-state index is 12.9. The van der Waals surface area contributed by atoms with Crippen LogP contribution in [0.5, 0.6) is 5.75 Å². The highest BCUT2D eigenvalue weighted by Crippen LogP contribution is 2.39. The molecule has 1 aromatic rings. The Hall–Kier alpha value is -2.22. The van der Waals surface area contributed by atoms with Crippen LogP contribution in [0.15, 0.2) is 22.9 Å². The molecule has 1 aliphatic heterocycles. The molecule has 5 nitrogen and oxygen atoms in total. The van der Waals surface area contributed by atoms with Crippen LogP contribution in [0.4, 0.5) is 13.2 Å². The highest BCUT2D eigenvalue weighted by atomic mass is 35.5. The summed E-state index contributed by atoms with van der Waals surface area (Å²) in [6.07, 6.45) is -5.85. The van der Waals surface area contributed by atoms with E-state index in [2.05, 4.69) is 5.16 Å². The summed E-state index contributed by atoms with van der Waals surface area (Å²) < 4.78 is 43.5. The van der Waals surface area contributed by atoms with Crippen molar-refractivity contribution in [3.05, 3.63) is 33.9 Å². The number of halogens is 4. The van der Waals surface area contributed by atoms with Gasteiger partial charge in [-0.2, -0.15) is 13.2 Å². The van der Waals surface area contributed by atoms with Crippen molar-refractivity contribution in [2.45, 2.75) is 12.3 Å². The number of aliphatic carboxylic acids is 1. The van der Waals surface area contributed by atoms with Gasteiger partial charge in [-0.3, -0.25) is 0 Å². The van der Waals surface area contributed by atoms with E-state index in [4.69, 9.17) is 26.7 Å². The zero-order valence-electron chi connectivity index (χ0n) is 10.1. The molecule has 0 saturated heterocycles. The number of carboxylic acids is 1. The molecule has 1 aliphatic rings. The van der Waals surface area contributed by atoms with Crippen LogP contribution in [-0.2, 0) is 4.79 Å². The fraction of sp³-hybridized carbons (Fsp3) is 0.167. The second kappa shape index (κ2) is 5.28. The summed E-state index contributed by atoms with van der Waals surface area (Å²) in [7, 11) is 0. The SMILES string of the molecule is O=C(O)C1=Cc2cc(Cl)cc(/C=N\O)c2OC1C(F)(F)F. The lowest BCUT2D eigenvalue weighted by molar-refractivity contribution is -0.187. The topological polar surface area (TPSA) is 79.1 Å². The molecule has 112 valence electrons. The first kappa shape index (κ1) is 15.2. The molecule has 0 fully saturated rings. The first-order valence-corrected chi connectivity index (χ1v) is 5.81. The van der Waals surface area contributed by atoms with Gasteiger partial charge in [-0.15, -0.1) is 0 Å². The zero-order chi connectivity index (χ0) is 15.8. The molecular weight excluding hydrogens is 315 g/mol. The second-order valence-electron chi connectivity index (χ2n) is 4.10. The van der Waals surface area contributed by atoms with Crippen LogP contribution in [0.1, 0.15) is 11.1 Å². The summed E-state index contributed by atoms with van der Waals surface area (Å²) >= 11 is 5.77. The summed E-state index contributed by atoms with van der Waals surface area (Å²) in [5.41, 5.74) is -0.908. The summed E-state index contributed by atoms with van der Waals surface area (Å²) in [6, 6.07) is 2.48. The summed E-state index contributed by atoms with van der Waals surface area (Å²) in [5.74, 6) is -2.01. The molecule has 0 radical (unpaired) electrons. The molecule has 2 N–H and O–H groups in total. The molecule has 2 rings (SSSR count). The Kier molecular flexibility index (Phi) is 3.82. The molecule has 0 saturated carbocycles. The second-order valence-corrected chi connectivity index (χ2v) is 4.54. The number of fused-ring (bicyclic) bond motifs is 1. The van der Waals surface area contributed by atoms with Crippen LogP contribution in [0.2, 0.25) is 5.02 Å². The minimum atomic E-state index is -4.91. The van der Waals surface area contributed by atoms with E-state index in [0.717, 1.165) is 12.3 Å². The fourth-order valence-electron chi connectivity index (χ4n) is 1.88. The van der Waals surface area contributed by atoms with Crippen LogP contribution in [0, 0.1) is 0 Å². The lowest BCUT2D eigenvalue weighted by Crippen LogP contribution is -2.40. The monoisotopic (exact) mass is 321 g/mol. The van der Waals surface area contributed by atoms with Gasteiger partial charge in [0.25, 0.3) is 0 Å². The van der Waals surface area contributed by atoms with E-state index in [0.29, 0.717) is 0 Å². The standard InChI is InChI=1S/C12H7ClF3NO4/c13-7-1-5-3-8(11(18)19)10(12(14,15)16)21-9(5)6(2-7)4-17-20/h1-4,10,20H,(H,18,19)/b17-4-. The summed E-state index contributed by atoms with van der Waals surface area (Å²) in [5, 5.41) is 20.2. The maximum atomic E-state index is 12.9. The van der Waals surface area contributed by atoms with Gasteiger partial charge in [-0.25, -0.2) is 4.79 Å². The Balaban J connectivity index is 2.65. The number of benzene rings is 1. The molecule has 0 bridgehead atoms. The van der Waals surface area contributed by atoms with Crippen molar-refractivity contribution in [2.24, 2.45) is 5.16 Å². The van der Waals surface area contributed by atoms with Crippen molar-refractivity contribution in [3.8, 4) is 5.75 Å². The molecule has 1 atom stereocenters. The quantitative estimate of drug-likeness (QED) is 0.498. The third-order valence-corrected chi connectivity index (χ3v) is 2.90. The molecule has 0 aliphatic carbocycles. The largest absolute Gasteiger partial charge is 0.478 e. The normalized spacial score (nSPS) is 18.1. The zero-order valence-corrected chi connectivity index (χ0v) is 10.8. The predicted molar refractivity (Wildman–Crippen MR) is 66.9 cm³/mol. The van der Waals surface area contributed by atoms with Gasteiger partial charge >= 0.3 is 12.1 Å². The van der Waals surface area contributed by atoms with Gasteiger partial charge in [0.1, 0.15) is 5.75 Å². The molecule has 1 unspecified atom stereocenters. The van der Waals surface area contributed by atoms with Crippen LogP contribution >= 0.6 is 11.6 Å². The average Bonchev–Trinajstić information content (AvgIpc) is 2.36. The molecule has 0 amide bonds. The van der Waals surface area contributed by atoms with Crippen molar-refractivity contribution in [2.75, 3.05) is 0 Å². The molecule has 1 heterocycles. The lowest BCUT2D eigenvalue weighted by Gasteiger charge is -2.28. The number of hydrogen-bond acceptors (Lipinski definition) is 4. The predicted octanol–water partition coefficient (Wildman–Crippen LogP) is 2.94. The third-order valence-electron chi connectivity index (χ3n) is 2.68. The number of oxime groups is 1. The first-order chi connectivity index (χ1) is 9.74. The Morgan fingerprint density at radius 1 is 1.43 bits per heavy atom. The van der Waals surface area contributed by atoms with Crippen LogP contribution in [-0.4, -0.2) is 34.8 Å². The molecule has 0 spiro atoms. The highest BCUT2D eigenvalue weighted by Gasteiger charge is 2.48. The fourth-order valence-corrected chi connectivity index (χ4v) is 2.11. The highest BCUT2D eigenvalue weighted by molar-refractivity contribution is 6.31. The molecule has 0 aromatic heterocycles. The van der Waals surface area contributed by atoms with Crippen molar-refractivity contribution in [3.63, 3.8) is 0 Å². The number of ether oxygens (including phenoxy) is 1. The molecular formula is C12H7ClF3NO4. The van der Waals surface area contributed by atoms with Gasteiger partial charge in [-0.05, 0) is 18.2 Å². The minimum Gasteiger partial charge on any atom is -0.478 e. The molecule has 21 heavy (non-hydrogen) atoms. The van der Waals surface area contributed by atoms with E-state index < -0.39 is 23.8 Å². The first-order valence-electron chi connectivity index (χ1n) is 5.43. The van der Waals surface area contributed by atoms with E-state index in [1.807, 2.05) is 0 Å². The van der Waals surface area contributed by atoms with Gasteiger partial charge in [-0.1, -0.05) is 16.8 Å². The van der Waals surface area contributed by atoms with Gasteiger partial charge in [0, 0.05) is 16.1 Å². The Bertz CT molecular complexity index is 655. The van der Waals surface area contributed by atoms with Crippen molar-refractivity contribution in [1.82, 2.24) is 0 Å². The number of carbonyl (C=O) groups is 1.